The van der Waals surface area contributed by atoms with Crippen LogP contribution in [0.15, 0.2) is 18.2 Å². The number of nitro groups is 1. The van der Waals surface area contributed by atoms with Crippen LogP contribution in [-0.4, -0.2) is 18.0 Å². The molecule has 0 atom stereocenters. The molecule has 96 valence electrons. The first kappa shape index (κ1) is 15.5. The van der Waals surface area contributed by atoms with Crippen molar-refractivity contribution in [2.24, 2.45) is 5.73 Å². The number of benzene rings is 1. The number of halogens is 1. The van der Waals surface area contributed by atoms with Crippen LogP contribution < -0.4 is 29.2 Å². The van der Waals surface area contributed by atoms with Crippen molar-refractivity contribution in [3.8, 4) is 0 Å². The van der Waals surface area contributed by atoms with Gasteiger partial charge in [0.25, 0.3) is 5.69 Å². The van der Waals surface area contributed by atoms with E-state index in [2.05, 4.69) is 5.32 Å². The molecule has 5 N–H and O–H groups in total. The fraction of sp³-hybridized carbons (Fsp3) is 0.400. The summed E-state index contributed by atoms with van der Waals surface area (Å²) in [6.07, 6.45) is 1.92. The molecule has 0 fully saturated rings. The normalized spacial score (nSPS) is 9.47. The number of anilines is 2. The van der Waals surface area contributed by atoms with E-state index in [0.717, 1.165) is 25.1 Å². The minimum absolute atomic E-state index is 0. The van der Waals surface area contributed by atoms with Gasteiger partial charge >= 0.3 is 0 Å². The molecule has 0 unspecified atom stereocenters. The lowest BCUT2D eigenvalue weighted by Gasteiger charge is -2.06. The first-order valence-electron chi connectivity index (χ1n) is 5.13. The molecule has 0 aliphatic carbocycles. The van der Waals surface area contributed by atoms with Gasteiger partial charge in [-0.3, -0.25) is 10.1 Å². The third kappa shape index (κ3) is 4.88. The summed E-state index contributed by atoms with van der Waals surface area (Å²) >= 11 is 0. The smallest absolute Gasteiger partial charge is 0.292 e. The molecule has 0 saturated carbocycles. The quantitative estimate of drug-likeness (QED) is 0.245. The second kappa shape index (κ2) is 7.70. The van der Waals surface area contributed by atoms with E-state index in [1.807, 2.05) is 0 Å². The Hall–Kier alpha value is -1.53. The highest BCUT2D eigenvalue weighted by molar-refractivity contribution is 5.65. The monoisotopic (exact) mass is 259 g/mol. The second-order valence-electron chi connectivity index (χ2n) is 3.45. The average Bonchev–Trinajstić information content (AvgIpc) is 2.24. The van der Waals surface area contributed by atoms with E-state index in [1.54, 1.807) is 12.1 Å². The zero-order valence-electron chi connectivity index (χ0n) is 9.36. The summed E-state index contributed by atoms with van der Waals surface area (Å²) in [6, 6.07) is 4.62. The standard InChI is InChI=1S/C10H16N4O2.ClH/c11-5-1-2-6-13-8-3-4-10(14(15)16)9(12)7-8;/h3-4,7,13H,1-2,5-6,11-12H2;1H/p-1. The van der Waals surface area contributed by atoms with Crippen molar-refractivity contribution in [1.29, 1.82) is 0 Å². The first-order chi connectivity index (χ1) is 7.65. The fourth-order valence-corrected chi connectivity index (χ4v) is 1.33. The zero-order chi connectivity index (χ0) is 12.0. The molecule has 1 aromatic rings. The first-order valence-corrected chi connectivity index (χ1v) is 5.13. The van der Waals surface area contributed by atoms with Crippen LogP contribution in [0.2, 0.25) is 0 Å². The van der Waals surface area contributed by atoms with E-state index < -0.39 is 4.92 Å². The van der Waals surface area contributed by atoms with Crippen molar-refractivity contribution in [3.63, 3.8) is 0 Å². The Morgan fingerprint density at radius 2 is 2.06 bits per heavy atom. The minimum atomic E-state index is -0.493. The van der Waals surface area contributed by atoms with Crippen molar-refractivity contribution in [3.05, 3.63) is 28.3 Å². The Bertz CT molecular complexity index is 373. The van der Waals surface area contributed by atoms with Crippen LogP contribution in [0.5, 0.6) is 0 Å². The topological polar surface area (TPSA) is 107 Å². The van der Waals surface area contributed by atoms with Crippen molar-refractivity contribution >= 4 is 17.1 Å². The molecule has 7 heteroatoms. The Balaban J connectivity index is 0.00000256. The Labute approximate surface area is 106 Å². The molecule has 0 saturated heterocycles. The highest BCUT2D eigenvalue weighted by Crippen LogP contribution is 2.24. The number of nitrogens with one attached hydrogen (secondary N) is 1. The van der Waals surface area contributed by atoms with Gasteiger partial charge in [-0.05, 0) is 31.5 Å². The van der Waals surface area contributed by atoms with E-state index in [9.17, 15) is 10.1 Å². The molecule has 0 aliphatic heterocycles. The summed E-state index contributed by atoms with van der Waals surface area (Å²) < 4.78 is 0. The number of nitrogens with zero attached hydrogens (tertiary/aromatic N) is 1. The van der Waals surface area contributed by atoms with E-state index in [4.69, 9.17) is 11.5 Å². The molecular formula is C10H16ClN4O2-. The highest BCUT2D eigenvalue weighted by Gasteiger charge is 2.10. The number of nitro benzene ring substituents is 1. The maximum atomic E-state index is 10.5. The van der Waals surface area contributed by atoms with Gasteiger partial charge in [-0.25, -0.2) is 0 Å². The maximum Gasteiger partial charge on any atom is 0.292 e. The predicted octanol–water partition coefficient (Wildman–Crippen LogP) is -1.67. The summed E-state index contributed by atoms with van der Waals surface area (Å²) in [5.74, 6) is 0. The summed E-state index contributed by atoms with van der Waals surface area (Å²) in [4.78, 5) is 10.0. The zero-order valence-corrected chi connectivity index (χ0v) is 10.1. The number of hydrogen-bond donors (Lipinski definition) is 3. The van der Waals surface area contributed by atoms with Gasteiger partial charge in [-0.2, -0.15) is 0 Å². The third-order valence-electron chi connectivity index (χ3n) is 2.18. The van der Waals surface area contributed by atoms with Crippen LogP contribution in [0.4, 0.5) is 17.1 Å². The van der Waals surface area contributed by atoms with E-state index in [-0.39, 0.29) is 23.8 Å². The van der Waals surface area contributed by atoms with Gasteiger partial charge in [-0.1, -0.05) is 0 Å². The van der Waals surface area contributed by atoms with Crippen molar-refractivity contribution in [2.75, 3.05) is 24.1 Å². The van der Waals surface area contributed by atoms with Gasteiger partial charge in [0.1, 0.15) is 5.69 Å². The lowest BCUT2D eigenvalue weighted by Crippen LogP contribution is -3.00. The molecule has 0 aliphatic rings. The molecule has 0 heterocycles. The van der Waals surface area contributed by atoms with Gasteiger partial charge in [-0.15, -0.1) is 0 Å². The number of rotatable bonds is 6. The highest BCUT2D eigenvalue weighted by atomic mass is 35.5. The molecular weight excluding hydrogens is 244 g/mol. The Kier molecular flexibility index (Phi) is 7.00. The minimum Gasteiger partial charge on any atom is -1.00 e. The molecule has 1 aromatic carbocycles. The molecule has 1 rings (SSSR count). The second-order valence-corrected chi connectivity index (χ2v) is 3.45. The van der Waals surface area contributed by atoms with E-state index >= 15 is 0 Å². The van der Waals surface area contributed by atoms with Crippen molar-refractivity contribution in [1.82, 2.24) is 0 Å². The Morgan fingerprint density at radius 3 is 2.59 bits per heavy atom. The van der Waals surface area contributed by atoms with Crippen LogP contribution in [0.3, 0.4) is 0 Å². The van der Waals surface area contributed by atoms with Crippen LogP contribution in [0.1, 0.15) is 12.8 Å². The molecule has 0 bridgehead atoms. The van der Waals surface area contributed by atoms with Crippen molar-refractivity contribution < 1.29 is 17.3 Å². The summed E-state index contributed by atoms with van der Waals surface area (Å²) in [6.45, 7) is 1.46. The Morgan fingerprint density at radius 1 is 1.35 bits per heavy atom. The maximum absolute atomic E-state index is 10.5. The van der Waals surface area contributed by atoms with E-state index in [1.165, 1.54) is 6.07 Å². The number of nitrogen functional groups attached to an aromatic ring is 1. The lowest BCUT2D eigenvalue weighted by atomic mass is 10.2. The number of nitrogens with two attached hydrogens (primary N) is 2. The molecule has 0 amide bonds. The van der Waals surface area contributed by atoms with Gasteiger partial charge in [0.05, 0.1) is 4.92 Å². The SMILES string of the molecule is NCCCCNc1ccc([N+](=O)[O-])c(N)c1.[Cl-]. The van der Waals surface area contributed by atoms with E-state index in [0.29, 0.717) is 6.54 Å². The largest absolute Gasteiger partial charge is 1.00 e. The fourth-order valence-electron chi connectivity index (χ4n) is 1.33. The lowest BCUT2D eigenvalue weighted by molar-refractivity contribution is -0.383. The van der Waals surface area contributed by atoms with Gasteiger partial charge in [0.2, 0.25) is 0 Å². The van der Waals surface area contributed by atoms with Gasteiger partial charge in [0.15, 0.2) is 0 Å². The average molecular weight is 260 g/mol. The molecule has 0 aromatic heterocycles. The van der Waals surface area contributed by atoms with Crippen molar-refractivity contribution in [2.45, 2.75) is 12.8 Å². The van der Waals surface area contributed by atoms with Gasteiger partial charge in [0, 0.05) is 18.3 Å². The van der Waals surface area contributed by atoms with Crippen LogP contribution in [0, 0.1) is 10.1 Å². The predicted molar refractivity (Wildman–Crippen MR) is 64.3 cm³/mol. The number of unbranched alkanes of at least 4 members (excludes halogenated alkanes) is 1. The third-order valence-corrected chi connectivity index (χ3v) is 2.18. The molecule has 6 nitrogen and oxygen atoms in total. The number of hydrogen-bond acceptors (Lipinski definition) is 5. The summed E-state index contributed by atoms with van der Waals surface area (Å²) in [5.41, 5.74) is 11.8. The summed E-state index contributed by atoms with van der Waals surface area (Å²) in [5, 5.41) is 13.7. The molecule has 17 heavy (non-hydrogen) atoms. The van der Waals surface area contributed by atoms with Gasteiger partial charge < -0.3 is 29.2 Å². The molecule has 0 radical (unpaired) electrons. The molecule has 0 spiro atoms. The van der Waals surface area contributed by atoms with Crippen LogP contribution in [-0.2, 0) is 0 Å². The van der Waals surface area contributed by atoms with Crippen LogP contribution in [0.25, 0.3) is 0 Å². The summed E-state index contributed by atoms with van der Waals surface area (Å²) in [7, 11) is 0. The van der Waals surface area contributed by atoms with Crippen LogP contribution >= 0.6 is 0 Å².